The molecule has 1 fully saturated rings. The summed E-state index contributed by atoms with van der Waals surface area (Å²) in [5, 5.41) is 3.62. The first-order valence-electron chi connectivity index (χ1n) is 7.68. The van der Waals surface area contributed by atoms with E-state index < -0.39 is 9.84 Å². The average Bonchev–Trinajstić information content (AvgIpc) is 2.69. The summed E-state index contributed by atoms with van der Waals surface area (Å²) in [6.45, 7) is 7.30. The van der Waals surface area contributed by atoms with Crippen molar-refractivity contribution in [2.45, 2.75) is 25.8 Å². The van der Waals surface area contributed by atoms with Crippen LogP contribution in [-0.2, 0) is 15.4 Å². The monoisotopic (exact) mass is 310 g/mol. The summed E-state index contributed by atoms with van der Waals surface area (Å²) in [5.41, 5.74) is 1.14. The van der Waals surface area contributed by atoms with Crippen LogP contribution in [0.1, 0.15) is 25.8 Å². The van der Waals surface area contributed by atoms with Gasteiger partial charge in [-0.2, -0.15) is 0 Å². The summed E-state index contributed by atoms with van der Waals surface area (Å²) < 4.78 is 23.4. The molecule has 0 amide bonds. The lowest BCUT2D eigenvalue weighted by atomic mass is 9.91. The zero-order valence-electron chi connectivity index (χ0n) is 13.0. The molecule has 1 atom stereocenters. The molecule has 21 heavy (non-hydrogen) atoms. The number of nitrogens with zero attached hydrogens (tertiary/aromatic N) is 1. The van der Waals surface area contributed by atoms with Crippen LogP contribution in [0.2, 0.25) is 0 Å². The standard InChI is InChI=1S/C16H26N2O2S/c1-3-21(19,20)13-12-18-11-7-10-17-16(2,14-18)15-8-5-4-6-9-15/h4-6,8-9,17H,3,7,10-14H2,1-2H3. The normalized spacial score (nSPS) is 24.7. The maximum Gasteiger partial charge on any atom is 0.151 e. The summed E-state index contributed by atoms with van der Waals surface area (Å²) in [6, 6.07) is 10.4. The summed E-state index contributed by atoms with van der Waals surface area (Å²) in [5.74, 6) is 0.489. The molecule has 0 aromatic heterocycles. The molecule has 118 valence electrons. The van der Waals surface area contributed by atoms with E-state index in [1.807, 2.05) is 6.07 Å². The van der Waals surface area contributed by atoms with Gasteiger partial charge in [0.15, 0.2) is 9.84 Å². The number of nitrogens with one attached hydrogen (secondary N) is 1. The Kier molecular flexibility index (Phi) is 5.41. The van der Waals surface area contributed by atoms with Crippen LogP contribution < -0.4 is 5.32 Å². The van der Waals surface area contributed by atoms with E-state index in [-0.39, 0.29) is 17.0 Å². The minimum atomic E-state index is -2.89. The maximum atomic E-state index is 11.7. The molecule has 0 radical (unpaired) electrons. The Morgan fingerprint density at radius 1 is 1.29 bits per heavy atom. The molecule has 1 aromatic carbocycles. The second kappa shape index (κ2) is 6.90. The summed E-state index contributed by atoms with van der Waals surface area (Å²) in [6.07, 6.45) is 1.05. The molecule has 1 aliphatic rings. The topological polar surface area (TPSA) is 49.4 Å². The number of benzene rings is 1. The van der Waals surface area contributed by atoms with E-state index in [0.717, 1.165) is 26.1 Å². The van der Waals surface area contributed by atoms with Crippen molar-refractivity contribution in [3.05, 3.63) is 35.9 Å². The lowest BCUT2D eigenvalue weighted by Crippen LogP contribution is -2.47. The highest BCUT2D eigenvalue weighted by atomic mass is 32.2. The Labute approximate surface area is 128 Å². The van der Waals surface area contributed by atoms with Gasteiger partial charge < -0.3 is 10.2 Å². The van der Waals surface area contributed by atoms with Gasteiger partial charge in [-0.25, -0.2) is 8.42 Å². The van der Waals surface area contributed by atoms with Crippen molar-refractivity contribution in [1.82, 2.24) is 10.2 Å². The van der Waals surface area contributed by atoms with Crippen molar-refractivity contribution in [3.63, 3.8) is 0 Å². The molecule has 5 heteroatoms. The third-order valence-electron chi connectivity index (χ3n) is 4.28. The largest absolute Gasteiger partial charge is 0.307 e. The van der Waals surface area contributed by atoms with E-state index in [1.54, 1.807) is 6.92 Å². The first kappa shape index (κ1) is 16.5. The van der Waals surface area contributed by atoms with Gasteiger partial charge in [0, 0.05) is 18.8 Å². The van der Waals surface area contributed by atoms with Gasteiger partial charge in [0.25, 0.3) is 0 Å². The van der Waals surface area contributed by atoms with E-state index in [9.17, 15) is 8.42 Å². The Morgan fingerprint density at radius 2 is 2.00 bits per heavy atom. The van der Waals surface area contributed by atoms with Gasteiger partial charge in [-0.15, -0.1) is 0 Å². The fraction of sp³-hybridized carbons (Fsp3) is 0.625. The summed E-state index contributed by atoms with van der Waals surface area (Å²) >= 11 is 0. The van der Waals surface area contributed by atoms with Gasteiger partial charge in [0.2, 0.25) is 0 Å². The molecule has 2 rings (SSSR count). The average molecular weight is 310 g/mol. The zero-order valence-corrected chi connectivity index (χ0v) is 13.8. The predicted octanol–water partition coefficient (Wildman–Crippen LogP) is 1.63. The van der Waals surface area contributed by atoms with Crippen LogP contribution in [0.4, 0.5) is 0 Å². The van der Waals surface area contributed by atoms with Crippen molar-refractivity contribution < 1.29 is 8.42 Å². The van der Waals surface area contributed by atoms with Crippen LogP contribution in [0.3, 0.4) is 0 Å². The van der Waals surface area contributed by atoms with Crippen molar-refractivity contribution in [3.8, 4) is 0 Å². The lowest BCUT2D eigenvalue weighted by Gasteiger charge is -2.34. The Balaban J connectivity index is 2.08. The van der Waals surface area contributed by atoms with Crippen LogP contribution in [0.5, 0.6) is 0 Å². The van der Waals surface area contributed by atoms with Crippen LogP contribution in [-0.4, -0.2) is 51.0 Å². The highest BCUT2D eigenvalue weighted by molar-refractivity contribution is 7.91. The van der Waals surface area contributed by atoms with Crippen LogP contribution >= 0.6 is 0 Å². The molecule has 0 saturated carbocycles. The Morgan fingerprint density at radius 3 is 2.67 bits per heavy atom. The van der Waals surface area contributed by atoms with E-state index >= 15 is 0 Å². The van der Waals surface area contributed by atoms with Gasteiger partial charge in [-0.05, 0) is 32.0 Å². The SMILES string of the molecule is CCS(=O)(=O)CCN1CCCNC(C)(c2ccccc2)C1. The smallest absolute Gasteiger partial charge is 0.151 e. The van der Waals surface area contributed by atoms with E-state index in [0.29, 0.717) is 6.54 Å². The fourth-order valence-corrected chi connectivity index (χ4v) is 3.68. The minimum Gasteiger partial charge on any atom is -0.307 e. The molecule has 1 unspecified atom stereocenters. The number of sulfone groups is 1. The molecule has 0 spiro atoms. The molecule has 1 aliphatic heterocycles. The number of hydrogen-bond donors (Lipinski definition) is 1. The molecule has 0 bridgehead atoms. The molecule has 1 heterocycles. The maximum absolute atomic E-state index is 11.7. The second-order valence-corrected chi connectivity index (χ2v) is 8.46. The first-order valence-corrected chi connectivity index (χ1v) is 9.51. The van der Waals surface area contributed by atoms with E-state index in [2.05, 4.69) is 41.4 Å². The van der Waals surface area contributed by atoms with Crippen molar-refractivity contribution in [2.75, 3.05) is 37.7 Å². The van der Waals surface area contributed by atoms with Gasteiger partial charge in [-0.1, -0.05) is 37.3 Å². The molecule has 1 saturated heterocycles. The Bertz CT molecular complexity index is 545. The van der Waals surface area contributed by atoms with Gasteiger partial charge in [-0.3, -0.25) is 0 Å². The van der Waals surface area contributed by atoms with Crippen molar-refractivity contribution in [2.24, 2.45) is 0 Å². The number of rotatable bonds is 5. The third kappa shape index (κ3) is 4.53. The molecule has 1 N–H and O–H groups in total. The van der Waals surface area contributed by atoms with E-state index in [4.69, 9.17) is 0 Å². The summed E-state index contributed by atoms with van der Waals surface area (Å²) in [4.78, 5) is 2.28. The van der Waals surface area contributed by atoms with Crippen LogP contribution in [0, 0.1) is 0 Å². The molecule has 4 nitrogen and oxygen atoms in total. The van der Waals surface area contributed by atoms with Crippen LogP contribution in [0.25, 0.3) is 0 Å². The van der Waals surface area contributed by atoms with Crippen molar-refractivity contribution >= 4 is 9.84 Å². The highest BCUT2D eigenvalue weighted by Crippen LogP contribution is 2.23. The molecular formula is C16H26N2O2S. The van der Waals surface area contributed by atoms with Crippen LogP contribution in [0.15, 0.2) is 30.3 Å². The second-order valence-electron chi connectivity index (χ2n) is 5.99. The predicted molar refractivity (Wildman–Crippen MR) is 87.2 cm³/mol. The molecule has 0 aliphatic carbocycles. The van der Waals surface area contributed by atoms with Gasteiger partial charge in [0.1, 0.15) is 0 Å². The molecular weight excluding hydrogens is 284 g/mol. The van der Waals surface area contributed by atoms with E-state index in [1.165, 1.54) is 5.56 Å². The minimum absolute atomic E-state index is 0.117. The third-order valence-corrected chi connectivity index (χ3v) is 5.96. The Hall–Kier alpha value is -0.910. The molecule has 1 aromatic rings. The fourth-order valence-electron chi connectivity index (χ4n) is 2.85. The lowest BCUT2D eigenvalue weighted by molar-refractivity contribution is 0.230. The van der Waals surface area contributed by atoms with Gasteiger partial charge >= 0.3 is 0 Å². The first-order chi connectivity index (χ1) is 9.95. The van der Waals surface area contributed by atoms with Crippen molar-refractivity contribution in [1.29, 1.82) is 0 Å². The quantitative estimate of drug-likeness (QED) is 0.898. The van der Waals surface area contributed by atoms with Gasteiger partial charge in [0.05, 0.1) is 11.3 Å². The number of hydrogen-bond acceptors (Lipinski definition) is 4. The summed E-state index contributed by atoms with van der Waals surface area (Å²) in [7, 11) is -2.89. The zero-order chi connectivity index (χ0) is 15.3. The highest BCUT2D eigenvalue weighted by Gasteiger charge is 2.30.